The number of hydrazone groups is 1. The largest absolute Gasteiger partial charge is 0.493 e. The lowest BCUT2D eigenvalue weighted by Crippen LogP contribution is -2.16. The van der Waals surface area contributed by atoms with E-state index in [4.69, 9.17) is 9.47 Å². The smallest absolute Gasteiger partial charge is 0.240 e. The van der Waals surface area contributed by atoms with Crippen LogP contribution in [-0.4, -0.2) is 25.8 Å². The molecule has 0 aliphatic heterocycles. The molecule has 5 heteroatoms. The minimum atomic E-state index is -0.0797. The first-order valence-electron chi connectivity index (χ1n) is 6.84. The average molecular weight is 278 g/mol. The molecular weight excluding hydrogens is 256 g/mol. The lowest BCUT2D eigenvalue weighted by molar-refractivity contribution is -0.121. The van der Waals surface area contributed by atoms with Gasteiger partial charge in [-0.05, 0) is 25.5 Å². The monoisotopic (exact) mass is 278 g/mol. The summed E-state index contributed by atoms with van der Waals surface area (Å²) in [5.74, 6) is 1.20. The summed E-state index contributed by atoms with van der Waals surface area (Å²) >= 11 is 0. The Morgan fingerprint density at radius 2 is 2.20 bits per heavy atom. The Morgan fingerprint density at radius 1 is 1.40 bits per heavy atom. The summed E-state index contributed by atoms with van der Waals surface area (Å²) in [6.45, 7) is 4.48. The Hall–Kier alpha value is -2.04. The number of ether oxygens (including phenoxy) is 2. The fourth-order valence-corrected chi connectivity index (χ4v) is 1.66. The van der Waals surface area contributed by atoms with Gasteiger partial charge in [0.15, 0.2) is 11.5 Å². The van der Waals surface area contributed by atoms with Gasteiger partial charge in [-0.25, -0.2) is 5.43 Å². The van der Waals surface area contributed by atoms with Crippen LogP contribution in [0.15, 0.2) is 23.3 Å². The molecule has 1 amide bonds. The van der Waals surface area contributed by atoms with Crippen LogP contribution in [0.3, 0.4) is 0 Å². The van der Waals surface area contributed by atoms with Gasteiger partial charge in [0.25, 0.3) is 0 Å². The SMILES string of the molecule is CCCCC(=O)N/N=C/c1cccc(OC)c1OCC. The summed E-state index contributed by atoms with van der Waals surface area (Å²) in [5, 5.41) is 3.95. The molecule has 0 fully saturated rings. The average Bonchev–Trinajstić information content (AvgIpc) is 2.46. The van der Waals surface area contributed by atoms with Crippen molar-refractivity contribution in [2.75, 3.05) is 13.7 Å². The minimum Gasteiger partial charge on any atom is -0.493 e. The van der Waals surface area contributed by atoms with E-state index in [2.05, 4.69) is 10.5 Å². The standard InChI is InChI=1S/C15H22N2O3/c1-4-6-10-14(18)17-16-11-12-8-7-9-13(19-3)15(12)20-5-2/h7-9,11H,4-6,10H2,1-3H3,(H,17,18)/b16-11+. The number of hydrogen-bond acceptors (Lipinski definition) is 4. The predicted molar refractivity (Wildman–Crippen MR) is 79.4 cm³/mol. The van der Waals surface area contributed by atoms with E-state index < -0.39 is 0 Å². The van der Waals surface area contributed by atoms with Crippen molar-refractivity contribution in [1.29, 1.82) is 0 Å². The highest BCUT2D eigenvalue weighted by molar-refractivity contribution is 5.86. The third-order valence-corrected chi connectivity index (χ3v) is 2.67. The third kappa shape index (κ3) is 4.91. The second-order valence-electron chi connectivity index (χ2n) is 4.21. The van der Waals surface area contributed by atoms with Crippen LogP contribution in [0.5, 0.6) is 11.5 Å². The van der Waals surface area contributed by atoms with Crippen LogP contribution >= 0.6 is 0 Å². The Balaban J connectivity index is 2.73. The molecular formula is C15H22N2O3. The second-order valence-corrected chi connectivity index (χ2v) is 4.21. The van der Waals surface area contributed by atoms with Crippen LogP contribution in [0.25, 0.3) is 0 Å². The van der Waals surface area contributed by atoms with Gasteiger partial charge in [0, 0.05) is 12.0 Å². The maximum Gasteiger partial charge on any atom is 0.240 e. The number of amides is 1. The van der Waals surface area contributed by atoms with Gasteiger partial charge in [-0.1, -0.05) is 19.4 Å². The summed E-state index contributed by atoms with van der Waals surface area (Å²) in [7, 11) is 1.59. The van der Waals surface area contributed by atoms with E-state index in [1.54, 1.807) is 13.3 Å². The molecule has 1 aromatic rings. The molecule has 0 spiro atoms. The molecule has 0 aliphatic rings. The Labute approximate surface area is 120 Å². The fraction of sp³-hybridized carbons (Fsp3) is 0.467. The molecule has 0 aliphatic carbocycles. The van der Waals surface area contributed by atoms with Gasteiger partial charge >= 0.3 is 0 Å². The van der Waals surface area contributed by atoms with Gasteiger partial charge in [0.2, 0.25) is 5.91 Å². The van der Waals surface area contributed by atoms with Crippen molar-refractivity contribution in [2.24, 2.45) is 5.10 Å². The summed E-state index contributed by atoms with van der Waals surface area (Å²) < 4.78 is 10.8. The third-order valence-electron chi connectivity index (χ3n) is 2.67. The molecule has 1 aromatic carbocycles. The molecule has 0 aromatic heterocycles. The second kappa shape index (κ2) is 8.96. The maximum absolute atomic E-state index is 11.4. The van der Waals surface area contributed by atoms with E-state index >= 15 is 0 Å². The number of para-hydroxylation sites is 1. The summed E-state index contributed by atoms with van der Waals surface area (Å²) in [6.07, 6.45) is 3.91. The molecule has 20 heavy (non-hydrogen) atoms. The van der Waals surface area contributed by atoms with E-state index in [0.717, 1.165) is 18.4 Å². The number of carbonyl (C=O) groups is 1. The molecule has 0 saturated carbocycles. The zero-order chi connectivity index (χ0) is 14.8. The lowest BCUT2D eigenvalue weighted by Gasteiger charge is -2.11. The Kier molecular flexibility index (Phi) is 7.17. The molecule has 1 N–H and O–H groups in total. The topological polar surface area (TPSA) is 59.9 Å². The number of methoxy groups -OCH3 is 1. The van der Waals surface area contributed by atoms with Crippen LogP contribution < -0.4 is 14.9 Å². The van der Waals surface area contributed by atoms with Crippen molar-refractivity contribution >= 4 is 12.1 Å². The summed E-state index contributed by atoms with van der Waals surface area (Å²) in [6, 6.07) is 5.53. The molecule has 0 radical (unpaired) electrons. The van der Waals surface area contributed by atoms with Crippen molar-refractivity contribution in [3.63, 3.8) is 0 Å². The zero-order valence-electron chi connectivity index (χ0n) is 12.3. The number of rotatable bonds is 8. The van der Waals surface area contributed by atoms with Crippen molar-refractivity contribution in [1.82, 2.24) is 5.43 Å². The Morgan fingerprint density at radius 3 is 2.85 bits per heavy atom. The highest BCUT2D eigenvalue weighted by atomic mass is 16.5. The fourth-order valence-electron chi connectivity index (χ4n) is 1.66. The normalized spacial score (nSPS) is 10.6. The number of carbonyl (C=O) groups excluding carboxylic acids is 1. The molecule has 0 bridgehead atoms. The molecule has 5 nitrogen and oxygen atoms in total. The summed E-state index contributed by atoms with van der Waals surface area (Å²) in [5.41, 5.74) is 3.27. The molecule has 0 unspecified atom stereocenters. The predicted octanol–water partition coefficient (Wildman–Crippen LogP) is 2.73. The highest BCUT2D eigenvalue weighted by Gasteiger charge is 2.08. The zero-order valence-corrected chi connectivity index (χ0v) is 12.3. The van der Waals surface area contributed by atoms with Gasteiger partial charge in [0.05, 0.1) is 19.9 Å². The number of nitrogens with zero attached hydrogens (tertiary/aromatic N) is 1. The number of benzene rings is 1. The van der Waals surface area contributed by atoms with E-state index in [-0.39, 0.29) is 5.91 Å². The van der Waals surface area contributed by atoms with Gasteiger partial charge in [-0.15, -0.1) is 0 Å². The molecule has 0 atom stereocenters. The van der Waals surface area contributed by atoms with E-state index in [9.17, 15) is 4.79 Å². The lowest BCUT2D eigenvalue weighted by atomic mass is 10.2. The number of hydrogen-bond donors (Lipinski definition) is 1. The minimum absolute atomic E-state index is 0.0797. The maximum atomic E-state index is 11.4. The van der Waals surface area contributed by atoms with Crippen molar-refractivity contribution in [3.05, 3.63) is 23.8 Å². The highest BCUT2D eigenvalue weighted by Crippen LogP contribution is 2.29. The molecule has 110 valence electrons. The van der Waals surface area contributed by atoms with Gasteiger partial charge in [-0.3, -0.25) is 4.79 Å². The van der Waals surface area contributed by atoms with E-state index in [1.165, 1.54) is 0 Å². The van der Waals surface area contributed by atoms with Crippen molar-refractivity contribution in [2.45, 2.75) is 33.1 Å². The van der Waals surface area contributed by atoms with Gasteiger partial charge in [0.1, 0.15) is 0 Å². The van der Waals surface area contributed by atoms with Crippen LogP contribution in [0.1, 0.15) is 38.7 Å². The number of unbranched alkanes of at least 4 members (excludes halogenated alkanes) is 1. The van der Waals surface area contributed by atoms with E-state index in [0.29, 0.717) is 24.5 Å². The molecule has 0 heterocycles. The quantitative estimate of drug-likeness (QED) is 0.587. The van der Waals surface area contributed by atoms with Crippen LogP contribution in [-0.2, 0) is 4.79 Å². The molecule has 0 saturated heterocycles. The summed E-state index contributed by atoms with van der Waals surface area (Å²) in [4.78, 5) is 11.4. The Bertz CT molecular complexity index is 458. The van der Waals surface area contributed by atoms with E-state index in [1.807, 2.05) is 32.0 Å². The van der Waals surface area contributed by atoms with Crippen molar-refractivity contribution < 1.29 is 14.3 Å². The number of nitrogens with one attached hydrogen (secondary N) is 1. The first kappa shape index (κ1) is 16.0. The first-order chi connectivity index (χ1) is 9.72. The van der Waals surface area contributed by atoms with Gasteiger partial charge in [-0.2, -0.15) is 5.10 Å². The van der Waals surface area contributed by atoms with Crippen LogP contribution in [0, 0.1) is 0 Å². The van der Waals surface area contributed by atoms with Crippen molar-refractivity contribution in [3.8, 4) is 11.5 Å². The van der Waals surface area contributed by atoms with Crippen LogP contribution in [0.4, 0.5) is 0 Å². The van der Waals surface area contributed by atoms with Crippen LogP contribution in [0.2, 0.25) is 0 Å². The first-order valence-corrected chi connectivity index (χ1v) is 6.84. The molecule has 1 rings (SSSR count). The van der Waals surface area contributed by atoms with Gasteiger partial charge < -0.3 is 9.47 Å².